The largest absolute Gasteiger partial charge is 0.355 e. The number of carbonyl (C=O) groups is 1. The van der Waals surface area contributed by atoms with Crippen LogP contribution < -0.4 is 5.32 Å². The molecule has 0 radical (unpaired) electrons. The summed E-state index contributed by atoms with van der Waals surface area (Å²) in [6.07, 6.45) is 2.12. The van der Waals surface area contributed by atoms with Gasteiger partial charge in [-0.3, -0.25) is 4.79 Å². The molecule has 1 aromatic rings. The molecule has 0 saturated carbocycles. The average Bonchev–Trinajstić information content (AvgIpc) is 2.39. The molecule has 96 valence electrons. The van der Waals surface area contributed by atoms with Crippen molar-refractivity contribution in [2.75, 3.05) is 12.3 Å². The summed E-state index contributed by atoms with van der Waals surface area (Å²) in [6, 6.07) is 9.60. The lowest BCUT2D eigenvalue weighted by Crippen LogP contribution is -2.26. The maximum Gasteiger partial charge on any atom is 0.230 e. The van der Waals surface area contributed by atoms with E-state index in [-0.39, 0.29) is 5.91 Å². The Bertz CT molecular complexity index is 426. The lowest BCUT2D eigenvalue weighted by molar-refractivity contribution is -0.118. The summed E-state index contributed by atoms with van der Waals surface area (Å²) in [5.41, 5.74) is 1.75. The summed E-state index contributed by atoms with van der Waals surface area (Å²) < 4.78 is 0. The zero-order chi connectivity index (χ0) is 13.2. The first kappa shape index (κ1) is 14.6. The van der Waals surface area contributed by atoms with Crippen LogP contribution in [0.2, 0.25) is 0 Å². The predicted octanol–water partition coefficient (Wildman–Crippen LogP) is 2.71. The lowest BCUT2D eigenvalue weighted by Gasteiger charge is -2.04. The summed E-state index contributed by atoms with van der Waals surface area (Å²) in [7, 11) is 0. The third-order valence-corrected chi connectivity index (χ3v) is 3.41. The van der Waals surface area contributed by atoms with E-state index in [0.29, 0.717) is 11.3 Å². The van der Waals surface area contributed by atoms with Gasteiger partial charge in [0.05, 0.1) is 17.4 Å². The minimum Gasteiger partial charge on any atom is -0.355 e. The fraction of sp³-hybridized carbons (Fsp3) is 0.429. The Hall–Kier alpha value is -1.47. The van der Waals surface area contributed by atoms with Crippen molar-refractivity contribution in [3.8, 4) is 6.07 Å². The maximum absolute atomic E-state index is 11.4. The molecule has 0 spiro atoms. The number of thioether (sulfide) groups is 1. The zero-order valence-electron chi connectivity index (χ0n) is 10.6. The van der Waals surface area contributed by atoms with Crippen LogP contribution in [0.4, 0.5) is 0 Å². The molecule has 1 N–H and O–H groups in total. The molecule has 1 rings (SSSR count). The summed E-state index contributed by atoms with van der Waals surface area (Å²) in [4.78, 5) is 11.4. The highest BCUT2D eigenvalue weighted by atomic mass is 32.2. The molecular weight excluding hydrogens is 244 g/mol. The Morgan fingerprint density at radius 1 is 1.50 bits per heavy atom. The number of carbonyl (C=O) groups excluding carboxylic acids is 1. The van der Waals surface area contributed by atoms with E-state index >= 15 is 0 Å². The number of nitrogens with one attached hydrogen (secondary N) is 1. The van der Waals surface area contributed by atoms with Crippen LogP contribution in [0.3, 0.4) is 0 Å². The first-order valence-corrected chi connectivity index (χ1v) is 7.25. The smallest absolute Gasteiger partial charge is 0.230 e. The fourth-order valence-corrected chi connectivity index (χ4v) is 2.25. The Morgan fingerprint density at radius 2 is 2.33 bits per heavy atom. The molecule has 0 fully saturated rings. The van der Waals surface area contributed by atoms with E-state index in [4.69, 9.17) is 5.26 Å². The summed E-state index contributed by atoms with van der Waals surface area (Å²) in [6.45, 7) is 2.86. The maximum atomic E-state index is 11.4. The number of benzene rings is 1. The molecule has 1 aromatic carbocycles. The molecule has 1 amide bonds. The van der Waals surface area contributed by atoms with E-state index in [1.54, 1.807) is 17.8 Å². The van der Waals surface area contributed by atoms with Gasteiger partial charge < -0.3 is 5.32 Å². The van der Waals surface area contributed by atoms with E-state index in [2.05, 4.69) is 18.3 Å². The Kier molecular flexibility index (Phi) is 6.97. The molecule has 0 aliphatic carbocycles. The summed E-state index contributed by atoms with van der Waals surface area (Å²) in [5.74, 6) is 1.32. The highest BCUT2D eigenvalue weighted by Gasteiger charge is 2.01. The highest BCUT2D eigenvalue weighted by Crippen LogP contribution is 2.13. The van der Waals surface area contributed by atoms with Gasteiger partial charge in [-0.05, 0) is 24.1 Å². The summed E-state index contributed by atoms with van der Waals surface area (Å²) in [5, 5.41) is 11.7. The average molecular weight is 262 g/mol. The number of nitrogens with zero attached hydrogens (tertiary/aromatic N) is 1. The Labute approximate surface area is 113 Å². The van der Waals surface area contributed by atoms with Gasteiger partial charge in [0.25, 0.3) is 0 Å². The van der Waals surface area contributed by atoms with Gasteiger partial charge in [-0.25, -0.2) is 0 Å². The van der Waals surface area contributed by atoms with E-state index in [1.165, 1.54) is 0 Å². The number of amides is 1. The van der Waals surface area contributed by atoms with Crippen molar-refractivity contribution < 1.29 is 4.79 Å². The van der Waals surface area contributed by atoms with Crippen molar-refractivity contribution in [2.45, 2.75) is 25.5 Å². The van der Waals surface area contributed by atoms with Crippen LogP contribution in [0, 0.1) is 11.3 Å². The van der Waals surface area contributed by atoms with Crippen molar-refractivity contribution in [2.24, 2.45) is 0 Å². The molecule has 0 heterocycles. The van der Waals surface area contributed by atoms with Crippen LogP contribution in [-0.4, -0.2) is 18.2 Å². The monoisotopic (exact) mass is 262 g/mol. The minimum atomic E-state index is 0.0879. The van der Waals surface area contributed by atoms with Crippen molar-refractivity contribution in [1.29, 1.82) is 5.26 Å². The second kappa shape index (κ2) is 8.60. The third kappa shape index (κ3) is 5.74. The molecule has 0 aromatic heterocycles. The number of nitriles is 1. The van der Waals surface area contributed by atoms with Crippen LogP contribution in [0.1, 0.15) is 30.9 Å². The standard InChI is InChI=1S/C14H18N2OS/c1-2-3-7-16-14(17)11-18-10-13-6-4-5-12(8-13)9-15/h4-6,8H,2-3,7,10-11H2,1H3,(H,16,17). The van der Waals surface area contributed by atoms with Crippen molar-refractivity contribution >= 4 is 17.7 Å². The molecule has 4 heteroatoms. The minimum absolute atomic E-state index is 0.0879. The molecule has 3 nitrogen and oxygen atoms in total. The quantitative estimate of drug-likeness (QED) is 0.769. The molecule has 0 bridgehead atoms. The first-order chi connectivity index (χ1) is 8.76. The normalized spacial score (nSPS) is 9.78. The SMILES string of the molecule is CCCCNC(=O)CSCc1cccc(C#N)c1. The van der Waals surface area contributed by atoms with Gasteiger partial charge in [0.2, 0.25) is 5.91 Å². The van der Waals surface area contributed by atoms with Crippen LogP contribution >= 0.6 is 11.8 Å². The van der Waals surface area contributed by atoms with Crippen LogP contribution in [0.15, 0.2) is 24.3 Å². The second-order valence-electron chi connectivity index (χ2n) is 4.01. The number of hydrogen-bond donors (Lipinski definition) is 1. The molecule has 0 unspecified atom stereocenters. The summed E-state index contributed by atoms with van der Waals surface area (Å²) >= 11 is 1.57. The van der Waals surface area contributed by atoms with Gasteiger partial charge in [0, 0.05) is 12.3 Å². The molecule has 0 aliphatic heterocycles. The van der Waals surface area contributed by atoms with E-state index in [0.717, 1.165) is 30.7 Å². The Morgan fingerprint density at radius 3 is 3.06 bits per heavy atom. The second-order valence-corrected chi connectivity index (χ2v) is 4.99. The molecule has 0 atom stereocenters. The van der Waals surface area contributed by atoms with Gasteiger partial charge in [-0.2, -0.15) is 5.26 Å². The van der Waals surface area contributed by atoms with E-state index in [9.17, 15) is 4.79 Å². The lowest BCUT2D eigenvalue weighted by atomic mass is 10.2. The Balaban J connectivity index is 2.24. The van der Waals surface area contributed by atoms with Gasteiger partial charge in [0.15, 0.2) is 0 Å². The first-order valence-electron chi connectivity index (χ1n) is 6.09. The number of rotatable bonds is 7. The number of hydrogen-bond acceptors (Lipinski definition) is 3. The zero-order valence-corrected chi connectivity index (χ0v) is 11.4. The van der Waals surface area contributed by atoms with Crippen LogP contribution in [0.25, 0.3) is 0 Å². The van der Waals surface area contributed by atoms with Crippen LogP contribution in [-0.2, 0) is 10.5 Å². The molecule has 0 aliphatic rings. The highest BCUT2D eigenvalue weighted by molar-refractivity contribution is 7.99. The van der Waals surface area contributed by atoms with Gasteiger partial charge in [-0.1, -0.05) is 25.5 Å². The van der Waals surface area contributed by atoms with Gasteiger partial charge in [0.1, 0.15) is 0 Å². The van der Waals surface area contributed by atoms with Gasteiger partial charge >= 0.3 is 0 Å². The van der Waals surface area contributed by atoms with Gasteiger partial charge in [-0.15, -0.1) is 11.8 Å². The van der Waals surface area contributed by atoms with Crippen LogP contribution in [0.5, 0.6) is 0 Å². The predicted molar refractivity (Wildman–Crippen MR) is 75.2 cm³/mol. The molecule has 18 heavy (non-hydrogen) atoms. The van der Waals surface area contributed by atoms with E-state index in [1.807, 2.05) is 18.2 Å². The van der Waals surface area contributed by atoms with Crippen molar-refractivity contribution in [3.63, 3.8) is 0 Å². The third-order valence-electron chi connectivity index (χ3n) is 2.41. The van der Waals surface area contributed by atoms with Crippen molar-refractivity contribution in [1.82, 2.24) is 5.32 Å². The molecule has 0 saturated heterocycles. The van der Waals surface area contributed by atoms with Crippen molar-refractivity contribution in [3.05, 3.63) is 35.4 Å². The molecular formula is C14H18N2OS. The van der Waals surface area contributed by atoms with E-state index < -0.39 is 0 Å². The number of unbranched alkanes of at least 4 members (excludes halogenated alkanes) is 1. The fourth-order valence-electron chi connectivity index (χ4n) is 1.45. The topological polar surface area (TPSA) is 52.9 Å².